The molecule has 0 bridgehead atoms. The first-order valence-corrected chi connectivity index (χ1v) is 4.64. The number of nitrogen functional groups attached to an aromatic ring is 1. The van der Waals surface area contributed by atoms with E-state index in [2.05, 4.69) is 0 Å². The molecule has 0 aliphatic carbocycles. The number of rotatable bonds is 4. The minimum atomic E-state index is 0. The number of nitrogens with one attached hydrogen (secondary N) is 1. The second-order valence-electron chi connectivity index (χ2n) is 3.47. The van der Waals surface area contributed by atoms with Crippen LogP contribution in [0.15, 0.2) is 24.3 Å². The predicted octanol–water partition coefficient (Wildman–Crippen LogP) is 2.32. The molecule has 0 fully saturated rings. The van der Waals surface area contributed by atoms with Gasteiger partial charge in [-0.25, -0.2) is 0 Å². The Morgan fingerprint density at radius 2 is 2.13 bits per heavy atom. The van der Waals surface area contributed by atoms with E-state index >= 15 is 0 Å². The van der Waals surface area contributed by atoms with Crippen molar-refractivity contribution in [1.29, 1.82) is 5.41 Å². The van der Waals surface area contributed by atoms with Crippen molar-refractivity contribution in [3.05, 3.63) is 35.4 Å². The summed E-state index contributed by atoms with van der Waals surface area (Å²) in [4.78, 5) is 0. The SMILES string of the molecule is CC(C)OCc1cccc(C(=N)N)c1.Cl. The zero-order chi connectivity index (χ0) is 10.6. The molecular formula is C11H17ClN2O. The summed E-state index contributed by atoms with van der Waals surface area (Å²) in [5.74, 6) is 0.0939. The molecular weight excluding hydrogens is 212 g/mol. The van der Waals surface area contributed by atoms with Crippen molar-refractivity contribution in [3.8, 4) is 0 Å². The fourth-order valence-corrected chi connectivity index (χ4v) is 1.09. The molecule has 0 aromatic heterocycles. The molecule has 84 valence electrons. The lowest BCUT2D eigenvalue weighted by Crippen LogP contribution is -2.11. The van der Waals surface area contributed by atoms with Crippen LogP contribution in [0.2, 0.25) is 0 Å². The van der Waals surface area contributed by atoms with Gasteiger partial charge in [-0.05, 0) is 25.5 Å². The van der Waals surface area contributed by atoms with E-state index in [9.17, 15) is 0 Å². The van der Waals surface area contributed by atoms with Gasteiger partial charge in [-0.2, -0.15) is 0 Å². The molecule has 0 aliphatic heterocycles. The molecule has 1 aromatic carbocycles. The number of amidine groups is 1. The first-order valence-electron chi connectivity index (χ1n) is 4.64. The van der Waals surface area contributed by atoms with Crippen molar-refractivity contribution in [2.75, 3.05) is 0 Å². The van der Waals surface area contributed by atoms with Gasteiger partial charge in [0.2, 0.25) is 0 Å². The molecule has 0 radical (unpaired) electrons. The Bertz CT molecular complexity index is 326. The summed E-state index contributed by atoms with van der Waals surface area (Å²) in [6.45, 7) is 4.56. The van der Waals surface area contributed by atoms with Gasteiger partial charge in [-0.15, -0.1) is 12.4 Å². The summed E-state index contributed by atoms with van der Waals surface area (Å²) in [6.07, 6.45) is 0.219. The lowest BCUT2D eigenvalue weighted by Gasteiger charge is -2.08. The van der Waals surface area contributed by atoms with Crippen LogP contribution in [-0.4, -0.2) is 11.9 Å². The van der Waals surface area contributed by atoms with Crippen LogP contribution in [0.3, 0.4) is 0 Å². The fourth-order valence-electron chi connectivity index (χ4n) is 1.09. The number of ether oxygens (including phenoxy) is 1. The Kier molecular flexibility index (Phi) is 5.97. The van der Waals surface area contributed by atoms with Gasteiger partial charge in [0.25, 0.3) is 0 Å². The fraction of sp³-hybridized carbons (Fsp3) is 0.364. The molecule has 1 rings (SSSR count). The maximum absolute atomic E-state index is 7.29. The van der Waals surface area contributed by atoms with E-state index in [1.54, 1.807) is 0 Å². The molecule has 3 N–H and O–H groups in total. The molecule has 15 heavy (non-hydrogen) atoms. The first-order chi connectivity index (χ1) is 6.59. The van der Waals surface area contributed by atoms with Gasteiger partial charge in [0.05, 0.1) is 12.7 Å². The third-order valence-corrected chi connectivity index (χ3v) is 1.82. The summed E-state index contributed by atoms with van der Waals surface area (Å²) in [5, 5.41) is 7.29. The van der Waals surface area contributed by atoms with Gasteiger partial charge >= 0.3 is 0 Å². The van der Waals surface area contributed by atoms with Crippen LogP contribution in [-0.2, 0) is 11.3 Å². The molecule has 0 spiro atoms. The third-order valence-electron chi connectivity index (χ3n) is 1.82. The monoisotopic (exact) mass is 228 g/mol. The van der Waals surface area contributed by atoms with Crippen LogP contribution >= 0.6 is 12.4 Å². The van der Waals surface area contributed by atoms with Gasteiger partial charge in [0, 0.05) is 5.56 Å². The van der Waals surface area contributed by atoms with Crippen LogP contribution < -0.4 is 5.73 Å². The highest BCUT2D eigenvalue weighted by molar-refractivity contribution is 5.95. The molecule has 3 nitrogen and oxygen atoms in total. The van der Waals surface area contributed by atoms with E-state index in [4.69, 9.17) is 15.9 Å². The topological polar surface area (TPSA) is 59.1 Å². The van der Waals surface area contributed by atoms with Crippen molar-refractivity contribution in [3.63, 3.8) is 0 Å². The average Bonchev–Trinajstić information content (AvgIpc) is 2.15. The second kappa shape index (κ2) is 6.43. The summed E-state index contributed by atoms with van der Waals surface area (Å²) in [7, 11) is 0. The highest BCUT2D eigenvalue weighted by atomic mass is 35.5. The Hall–Kier alpha value is -1.06. The number of benzene rings is 1. The molecule has 1 aromatic rings. The number of hydrogen-bond donors (Lipinski definition) is 2. The molecule has 0 saturated heterocycles. The van der Waals surface area contributed by atoms with Crippen molar-refractivity contribution >= 4 is 18.2 Å². The van der Waals surface area contributed by atoms with Crippen LogP contribution in [0.4, 0.5) is 0 Å². The van der Waals surface area contributed by atoms with E-state index in [1.165, 1.54) is 0 Å². The summed E-state index contributed by atoms with van der Waals surface area (Å²) in [6, 6.07) is 7.55. The number of halogens is 1. The van der Waals surface area contributed by atoms with Crippen molar-refractivity contribution < 1.29 is 4.74 Å². The Balaban J connectivity index is 0.00000196. The van der Waals surface area contributed by atoms with E-state index in [1.807, 2.05) is 38.1 Å². The Labute approximate surface area is 96.5 Å². The zero-order valence-electron chi connectivity index (χ0n) is 8.99. The first kappa shape index (κ1) is 13.9. The minimum Gasteiger partial charge on any atom is -0.384 e. The second-order valence-corrected chi connectivity index (χ2v) is 3.47. The van der Waals surface area contributed by atoms with Crippen LogP contribution in [0.5, 0.6) is 0 Å². The maximum Gasteiger partial charge on any atom is 0.122 e. The maximum atomic E-state index is 7.29. The molecule has 0 aliphatic rings. The smallest absolute Gasteiger partial charge is 0.122 e. The Morgan fingerprint density at radius 3 is 2.67 bits per heavy atom. The zero-order valence-corrected chi connectivity index (χ0v) is 9.80. The van der Waals surface area contributed by atoms with Crippen LogP contribution in [0.25, 0.3) is 0 Å². The Morgan fingerprint density at radius 1 is 1.47 bits per heavy atom. The van der Waals surface area contributed by atoms with Crippen molar-refractivity contribution in [1.82, 2.24) is 0 Å². The average molecular weight is 229 g/mol. The summed E-state index contributed by atoms with van der Waals surface area (Å²) in [5.41, 5.74) is 7.17. The van der Waals surface area contributed by atoms with Crippen molar-refractivity contribution in [2.24, 2.45) is 5.73 Å². The van der Waals surface area contributed by atoms with Crippen molar-refractivity contribution in [2.45, 2.75) is 26.6 Å². The molecule has 0 unspecified atom stereocenters. The van der Waals surface area contributed by atoms with Gasteiger partial charge in [-0.3, -0.25) is 5.41 Å². The number of nitrogens with two attached hydrogens (primary N) is 1. The van der Waals surface area contributed by atoms with Gasteiger partial charge in [-0.1, -0.05) is 18.2 Å². The summed E-state index contributed by atoms with van der Waals surface area (Å²) < 4.78 is 5.45. The highest BCUT2D eigenvalue weighted by Crippen LogP contribution is 2.07. The molecule has 0 atom stereocenters. The predicted molar refractivity (Wildman–Crippen MR) is 64.6 cm³/mol. The minimum absolute atomic E-state index is 0. The lowest BCUT2D eigenvalue weighted by atomic mass is 10.1. The van der Waals surface area contributed by atoms with E-state index in [0.717, 1.165) is 11.1 Å². The van der Waals surface area contributed by atoms with E-state index in [-0.39, 0.29) is 24.3 Å². The van der Waals surface area contributed by atoms with Gasteiger partial charge in [0.1, 0.15) is 5.84 Å². The largest absolute Gasteiger partial charge is 0.384 e. The van der Waals surface area contributed by atoms with Gasteiger partial charge in [0.15, 0.2) is 0 Å². The quantitative estimate of drug-likeness (QED) is 0.614. The molecule has 0 amide bonds. The van der Waals surface area contributed by atoms with Crippen LogP contribution in [0.1, 0.15) is 25.0 Å². The summed E-state index contributed by atoms with van der Waals surface area (Å²) >= 11 is 0. The number of hydrogen-bond acceptors (Lipinski definition) is 2. The third kappa shape index (κ3) is 4.81. The van der Waals surface area contributed by atoms with E-state index < -0.39 is 0 Å². The molecule has 4 heteroatoms. The highest BCUT2D eigenvalue weighted by Gasteiger charge is 1.99. The van der Waals surface area contributed by atoms with Crippen LogP contribution in [0, 0.1) is 5.41 Å². The normalized spacial score (nSPS) is 9.80. The standard InChI is InChI=1S/C11H16N2O.ClH/c1-8(2)14-7-9-4-3-5-10(6-9)11(12)13;/h3-6,8H,7H2,1-2H3,(H3,12,13);1H. The van der Waals surface area contributed by atoms with E-state index in [0.29, 0.717) is 6.61 Å². The lowest BCUT2D eigenvalue weighted by molar-refractivity contribution is 0.0657. The van der Waals surface area contributed by atoms with Gasteiger partial charge < -0.3 is 10.5 Å². The molecule has 0 heterocycles. The molecule has 0 saturated carbocycles.